The molecule has 0 N–H and O–H groups in total. The fraction of sp³-hybridized carbons (Fsp3) is 0.167. The number of sulfone groups is 2. The number of carbonyl (C=O) groups excluding carboxylic acids is 1. The Hall–Kier alpha value is -3.75. The lowest BCUT2D eigenvalue weighted by Gasteiger charge is -2.31. The molecule has 194 valence electrons. The van der Waals surface area contributed by atoms with E-state index in [9.17, 15) is 21.6 Å². The molecule has 0 fully saturated rings. The first-order valence-electron chi connectivity index (χ1n) is 12.2. The molecule has 0 saturated carbocycles. The van der Waals surface area contributed by atoms with Gasteiger partial charge in [0.1, 0.15) is 11.2 Å². The summed E-state index contributed by atoms with van der Waals surface area (Å²) in [6.45, 7) is 1.96. The van der Waals surface area contributed by atoms with Crippen molar-refractivity contribution >= 4 is 25.6 Å². The van der Waals surface area contributed by atoms with Gasteiger partial charge in [0.15, 0.2) is 24.3 Å². The normalized spacial score (nSPS) is 17.3. The van der Waals surface area contributed by atoms with Gasteiger partial charge in [0.05, 0.1) is 9.79 Å². The van der Waals surface area contributed by atoms with Crippen molar-refractivity contribution in [2.24, 2.45) is 0 Å². The first-order chi connectivity index (χ1) is 18.2. The summed E-state index contributed by atoms with van der Waals surface area (Å²) in [5.74, 6) is -0.410. The van der Waals surface area contributed by atoms with Crippen LogP contribution in [0.5, 0.6) is 5.75 Å². The monoisotopic (exact) mass is 546 g/mol. The van der Waals surface area contributed by atoms with Gasteiger partial charge in [0.2, 0.25) is 0 Å². The quantitative estimate of drug-likeness (QED) is 0.225. The summed E-state index contributed by atoms with van der Waals surface area (Å²) in [5.41, 5.74) is 0.185. The van der Waals surface area contributed by atoms with Crippen LogP contribution < -0.4 is 4.74 Å². The number of carbonyl (C=O) groups is 1. The summed E-state index contributed by atoms with van der Waals surface area (Å²) in [7, 11) is -8.96. The second-order valence-corrected chi connectivity index (χ2v) is 13.8. The number of aryl methyl sites for hydroxylation is 1. The highest BCUT2D eigenvalue weighted by molar-refractivity contribution is 8.09. The highest BCUT2D eigenvalue weighted by Crippen LogP contribution is 2.50. The van der Waals surface area contributed by atoms with Crippen molar-refractivity contribution in [3.63, 3.8) is 0 Å². The highest BCUT2D eigenvalue weighted by atomic mass is 32.3. The Morgan fingerprint density at radius 2 is 1.21 bits per heavy atom. The molecule has 4 aromatic carbocycles. The van der Waals surface area contributed by atoms with E-state index >= 15 is 0 Å². The zero-order valence-electron chi connectivity index (χ0n) is 20.6. The SMILES string of the molecule is CCc1ccc2c(c1)[C@@](CC(S(=O)(=O)c1ccccc1)S(=O)(=O)c1ccccc1)(c1ccccc1)C(=O)O2. The number of esters is 1. The van der Waals surface area contributed by atoms with Crippen molar-refractivity contribution in [1.82, 2.24) is 0 Å². The molecular weight excluding hydrogens is 520 g/mol. The van der Waals surface area contributed by atoms with Crippen molar-refractivity contribution in [2.75, 3.05) is 0 Å². The number of fused-ring (bicyclic) bond motifs is 1. The van der Waals surface area contributed by atoms with Gasteiger partial charge in [-0.1, -0.05) is 85.8 Å². The Kier molecular flexibility index (Phi) is 6.71. The molecule has 1 atom stereocenters. The average molecular weight is 547 g/mol. The molecule has 4 aromatic rings. The second-order valence-electron chi connectivity index (χ2n) is 9.19. The van der Waals surface area contributed by atoms with Crippen molar-refractivity contribution in [3.8, 4) is 5.75 Å². The molecule has 1 aliphatic heterocycles. The minimum absolute atomic E-state index is 0.137. The Morgan fingerprint density at radius 1 is 0.711 bits per heavy atom. The van der Waals surface area contributed by atoms with Crippen LogP contribution in [-0.4, -0.2) is 27.4 Å². The van der Waals surface area contributed by atoms with Gasteiger partial charge in [-0.05, 0) is 47.9 Å². The van der Waals surface area contributed by atoms with Crippen LogP contribution in [0.3, 0.4) is 0 Å². The first-order valence-corrected chi connectivity index (χ1v) is 15.3. The molecule has 0 radical (unpaired) electrons. The zero-order chi connectivity index (χ0) is 27.0. The molecule has 5 rings (SSSR count). The molecule has 8 heteroatoms. The lowest BCUT2D eigenvalue weighted by atomic mass is 9.73. The lowest BCUT2D eigenvalue weighted by molar-refractivity contribution is -0.137. The van der Waals surface area contributed by atoms with Gasteiger partial charge in [-0.3, -0.25) is 4.79 Å². The largest absolute Gasteiger partial charge is 0.425 e. The van der Waals surface area contributed by atoms with Gasteiger partial charge in [-0.15, -0.1) is 0 Å². The molecule has 38 heavy (non-hydrogen) atoms. The van der Waals surface area contributed by atoms with E-state index in [1.165, 1.54) is 24.3 Å². The Labute approximate surface area is 222 Å². The molecule has 0 amide bonds. The van der Waals surface area contributed by atoms with Crippen LogP contribution >= 0.6 is 0 Å². The van der Waals surface area contributed by atoms with E-state index in [0.717, 1.165) is 5.56 Å². The van der Waals surface area contributed by atoms with Crippen LogP contribution in [0.15, 0.2) is 119 Å². The Morgan fingerprint density at radius 3 is 1.71 bits per heavy atom. The van der Waals surface area contributed by atoms with Crippen molar-refractivity contribution in [3.05, 3.63) is 126 Å². The number of benzene rings is 4. The van der Waals surface area contributed by atoms with Crippen LogP contribution in [0.4, 0.5) is 0 Å². The third-order valence-electron chi connectivity index (χ3n) is 7.04. The van der Waals surface area contributed by atoms with Crippen LogP contribution in [0.2, 0.25) is 0 Å². The number of hydrogen-bond acceptors (Lipinski definition) is 6. The minimum Gasteiger partial charge on any atom is -0.425 e. The zero-order valence-corrected chi connectivity index (χ0v) is 22.3. The van der Waals surface area contributed by atoms with Crippen molar-refractivity contribution in [2.45, 2.75) is 39.6 Å². The molecule has 0 bridgehead atoms. The maximum atomic E-state index is 14.1. The van der Waals surface area contributed by atoms with Gasteiger partial charge >= 0.3 is 5.97 Å². The minimum atomic E-state index is -4.48. The maximum absolute atomic E-state index is 14.1. The fourth-order valence-corrected chi connectivity index (χ4v) is 9.60. The van der Waals surface area contributed by atoms with Gasteiger partial charge in [-0.25, -0.2) is 16.8 Å². The summed E-state index contributed by atoms with van der Waals surface area (Å²) >= 11 is 0. The predicted octanol–water partition coefficient (Wildman–Crippen LogP) is 5.12. The number of hydrogen-bond donors (Lipinski definition) is 0. The third-order valence-corrected chi connectivity index (χ3v) is 12.1. The Balaban J connectivity index is 1.80. The standard InChI is InChI=1S/C30H26O6S2/c1-2-22-18-19-27-26(20-22)30(29(31)36-27,23-12-6-3-7-13-23)21-28(37(32,33)24-14-8-4-9-15-24)38(34,35)25-16-10-5-11-17-25/h3-20,28H,2,21H2,1H3/t30-/m1/s1. The highest BCUT2D eigenvalue weighted by Gasteiger charge is 2.56. The summed E-state index contributed by atoms with van der Waals surface area (Å²) in [5, 5.41) is 0. The van der Waals surface area contributed by atoms with Crippen LogP contribution in [0, 0.1) is 0 Å². The van der Waals surface area contributed by atoms with Crippen LogP contribution in [0.25, 0.3) is 0 Å². The van der Waals surface area contributed by atoms with E-state index in [0.29, 0.717) is 23.3 Å². The Bertz CT molecular complexity index is 1610. The molecule has 6 nitrogen and oxygen atoms in total. The molecule has 1 heterocycles. The molecule has 0 spiro atoms. The third kappa shape index (κ3) is 4.23. The van der Waals surface area contributed by atoms with E-state index < -0.39 is 42.1 Å². The molecule has 0 aromatic heterocycles. The van der Waals surface area contributed by atoms with Crippen LogP contribution in [0.1, 0.15) is 30.0 Å². The summed E-state index contributed by atoms with van der Waals surface area (Å²) < 4.78 is 60.2. The number of ether oxygens (including phenoxy) is 1. The maximum Gasteiger partial charge on any atom is 0.326 e. The van der Waals surface area contributed by atoms with Gasteiger partial charge in [0.25, 0.3) is 0 Å². The van der Waals surface area contributed by atoms with Gasteiger partial charge in [-0.2, -0.15) is 0 Å². The number of rotatable bonds is 8. The average Bonchev–Trinajstić information content (AvgIpc) is 3.23. The molecule has 0 unspecified atom stereocenters. The molecule has 0 saturated heterocycles. The summed E-state index contributed by atoms with van der Waals surface area (Å²) in [4.78, 5) is 13.5. The summed E-state index contributed by atoms with van der Waals surface area (Å²) in [6.07, 6.45) is 0.116. The second kappa shape index (κ2) is 9.85. The van der Waals surface area contributed by atoms with E-state index in [1.807, 2.05) is 19.1 Å². The van der Waals surface area contributed by atoms with Crippen LogP contribution in [-0.2, 0) is 36.3 Å². The van der Waals surface area contributed by atoms with Crippen molar-refractivity contribution in [1.29, 1.82) is 0 Å². The van der Waals surface area contributed by atoms with Gasteiger partial charge in [0, 0.05) is 12.0 Å². The fourth-order valence-electron chi connectivity index (χ4n) is 4.98. The lowest BCUT2D eigenvalue weighted by Crippen LogP contribution is -2.43. The van der Waals surface area contributed by atoms with E-state index in [4.69, 9.17) is 4.74 Å². The van der Waals surface area contributed by atoms with Crippen molar-refractivity contribution < 1.29 is 26.4 Å². The van der Waals surface area contributed by atoms with E-state index in [-0.39, 0.29) is 9.79 Å². The summed E-state index contributed by atoms with van der Waals surface area (Å²) in [6, 6.07) is 28.9. The van der Waals surface area contributed by atoms with Gasteiger partial charge < -0.3 is 4.74 Å². The molecule has 0 aliphatic carbocycles. The topological polar surface area (TPSA) is 94.6 Å². The van der Waals surface area contributed by atoms with E-state index in [2.05, 4.69) is 0 Å². The smallest absolute Gasteiger partial charge is 0.326 e. The first kappa shape index (κ1) is 25.9. The molecule has 1 aliphatic rings. The predicted molar refractivity (Wildman–Crippen MR) is 144 cm³/mol. The molecular formula is C30H26O6S2. The van der Waals surface area contributed by atoms with E-state index in [1.54, 1.807) is 72.8 Å².